The van der Waals surface area contributed by atoms with Crippen LogP contribution in [0.4, 0.5) is 5.69 Å². The Hall–Kier alpha value is -2.80. The van der Waals surface area contributed by atoms with E-state index in [1.807, 2.05) is 61.0 Å². The van der Waals surface area contributed by atoms with Crippen LogP contribution in [0.3, 0.4) is 0 Å². The summed E-state index contributed by atoms with van der Waals surface area (Å²) in [6, 6.07) is 16.0. The van der Waals surface area contributed by atoms with E-state index in [0.29, 0.717) is 0 Å². The van der Waals surface area contributed by atoms with Gasteiger partial charge in [-0.3, -0.25) is 4.79 Å². The zero-order chi connectivity index (χ0) is 20.4. The minimum Gasteiger partial charge on any atom is -0.325 e. The molecule has 1 aromatic heterocycles. The molecule has 0 saturated heterocycles. The lowest BCUT2D eigenvalue weighted by molar-refractivity contribution is -0.116. The third-order valence-corrected chi connectivity index (χ3v) is 6.10. The second-order valence-corrected chi connectivity index (χ2v) is 8.51. The van der Waals surface area contributed by atoms with Crippen LogP contribution in [0, 0.1) is 13.8 Å². The van der Waals surface area contributed by atoms with Gasteiger partial charge in [0.25, 0.3) is 0 Å². The smallest absolute Gasteiger partial charge is 0.240 e. The van der Waals surface area contributed by atoms with Crippen molar-refractivity contribution in [2.75, 3.05) is 10.7 Å². The van der Waals surface area contributed by atoms with Crippen molar-refractivity contribution in [3.8, 4) is 0 Å². The van der Waals surface area contributed by atoms with Crippen LogP contribution < -0.4 is 10.7 Å². The van der Waals surface area contributed by atoms with Crippen molar-refractivity contribution in [2.45, 2.75) is 50.1 Å². The molecule has 1 aliphatic rings. The molecule has 0 radical (unpaired) electrons. The number of benzene rings is 2. The van der Waals surface area contributed by atoms with Gasteiger partial charge in [0.15, 0.2) is 5.82 Å². The lowest BCUT2D eigenvalue weighted by Gasteiger charge is -2.33. The van der Waals surface area contributed by atoms with Gasteiger partial charge in [0, 0.05) is 12.1 Å². The van der Waals surface area contributed by atoms with Crippen LogP contribution in [-0.2, 0) is 11.2 Å². The standard InChI is InChI=1S/C22H25N5OS/c1-4-8-18-24-25-22-27(18)26-19(16-9-6-5-7-10-16)20(29-22)21(28)23-17-12-14(2)11-15(3)13-17/h5-7,9-13,19-20,26H,4,8H2,1-3H3,(H,23,28)/t19-,20+/m1/s1. The van der Waals surface area contributed by atoms with Crippen LogP contribution in [0.2, 0.25) is 0 Å². The first-order valence-corrected chi connectivity index (χ1v) is 10.7. The molecule has 2 aromatic carbocycles. The summed E-state index contributed by atoms with van der Waals surface area (Å²) in [5.74, 6) is 0.844. The SMILES string of the molecule is CCCc1nnc2n1N[C@H](c1ccccc1)[C@@H](C(=O)Nc1cc(C)cc(C)c1)S2. The van der Waals surface area contributed by atoms with E-state index in [4.69, 9.17) is 0 Å². The van der Waals surface area contributed by atoms with Gasteiger partial charge in [-0.2, -0.15) is 0 Å². The Labute approximate surface area is 175 Å². The highest BCUT2D eigenvalue weighted by molar-refractivity contribution is 8.00. The van der Waals surface area contributed by atoms with Gasteiger partial charge in [-0.15, -0.1) is 10.2 Å². The molecule has 6 nitrogen and oxygen atoms in total. The maximum absolute atomic E-state index is 13.3. The summed E-state index contributed by atoms with van der Waals surface area (Å²) in [5, 5.41) is 12.1. The van der Waals surface area contributed by atoms with Gasteiger partial charge >= 0.3 is 0 Å². The van der Waals surface area contributed by atoms with Crippen LogP contribution in [0.25, 0.3) is 0 Å². The van der Waals surface area contributed by atoms with E-state index in [1.54, 1.807) is 0 Å². The molecule has 1 aliphatic heterocycles. The number of anilines is 1. The maximum atomic E-state index is 13.3. The topological polar surface area (TPSA) is 71.8 Å². The van der Waals surface area contributed by atoms with E-state index in [1.165, 1.54) is 11.8 Å². The van der Waals surface area contributed by atoms with Gasteiger partial charge in [0.05, 0.1) is 6.04 Å². The molecule has 2 heterocycles. The quantitative estimate of drug-likeness (QED) is 0.662. The molecule has 0 saturated carbocycles. The Morgan fingerprint density at radius 3 is 2.55 bits per heavy atom. The molecule has 0 spiro atoms. The van der Waals surface area contributed by atoms with Gasteiger partial charge in [0.2, 0.25) is 11.1 Å². The number of carbonyl (C=O) groups excluding carboxylic acids is 1. The average molecular weight is 408 g/mol. The molecule has 0 bridgehead atoms. The summed E-state index contributed by atoms with van der Waals surface area (Å²) in [7, 11) is 0. The summed E-state index contributed by atoms with van der Waals surface area (Å²) in [6.45, 7) is 6.18. The Bertz CT molecular complexity index is 997. The number of amides is 1. The number of fused-ring (bicyclic) bond motifs is 1. The molecular formula is C22H25N5OS. The van der Waals surface area contributed by atoms with Crippen molar-refractivity contribution >= 4 is 23.4 Å². The molecule has 0 aliphatic carbocycles. The fraction of sp³-hybridized carbons (Fsp3) is 0.318. The first-order valence-electron chi connectivity index (χ1n) is 9.86. The molecule has 150 valence electrons. The number of aryl methyl sites for hydroxylation is 3. The lowest BCUT2D eigenvalue weighted by Crippen LogP contribution is -2.41. The van der Waals surface area contributed by atoms with E-state index in [2.05, 4.69) is 33.9 Å². The van der Waals surface area contributed by atoms with Crippen molar-refractivity contribution in [2.24, 2.45) is 0 Å². The fourth-order valence-electron chi connectivity index (χ4n) is 3.65. The van der Waals surface area contributed by atoms with E-state index < -0.39 is 0 Å². The third kappa shape index (κ3) is 4.15. The Balaban J connectivity index is 1.66. The molecule has 0 fully saturated rings. The molecule has 1 amide bonds. The van der Waals surface area contributed by atoms with Crippen molar-refractivity contribution in [1.82, 2.24) is 14.9 Å². The monoisotopic (exact) mass is 407 g/mol. The minimum atomic E-state index is -0.371. The van der Waals surface area contributed by atoms with Gasteiger partial charge in [-0.1, -0.05) is 55.1 Å². The minimum absolute atomic E-state index is 0.0485. The number of aromatic nitrogens is 3. The normalized spacial score (nSPS) is 18.0. The van der Waals surface area contributed by atoms with Crippen LogP contribution in [0.15, 0.2) is 53.7 Å². The van der Waals surface area contributed by atoms with Crippen molar-refractivity contribution in [1.29, 1.82) is 0 Å². The average Bonchev–Trinajstić information content (AvgIpc) is 3.09. The highest BCUT2D eigenvalue weighted by Crippen LogP contribution is 2.37. The Morgan fingerprint density at radius 1 is 1.14 bits per heavy atom. The number of hydrogen-bond donors (Lipinski definition) is 2. The maximum Gasteiger partial charge on any atom is 0.240 e. The number of hydrogen-bond acceptors (Lipinski definition) is 5. The first-order chi connectivity index (χ1) is 14.0. The third-order valence-electron chi connectivity index (χ3n) is 4.88. The van der Waals surface area contributed by atoms with Crippen LogP contribution in [0.5, 0.6) is 0 Å². The largest absolute Gasteiger partial charge is 0.325 e. The van der Waals surface area contributed by atoms with Gasteiger partial charge in [0.1, 0.15) is 5.25 Å². The predicted molar refractivity (Wildman–Crippen MR) is 117 cm³/mol. The number of nitrogens with zero attached hydrogens (tertiary/aromatic N) is 3. The van der Waals surface area contributed by atoms with Crippen molar-refractivity contribution in [3.63, 3.8) is 0 Å². The summed E-state index contributed by atoms with van der Waals surface area (Å²) in [6.07, 6.45) is 1.82. The second-order valence-electron chi connectivity index (χ2n) is 7.41. The highest BCUT2D eigenvalue weighted by Gasteiger charge is 2.37. The molecule has 29 heavy (non-hydrogen) atoms. The first kappa shape index (κ1) is 19.5. The van der Waals surface area contributed by atoms with E-state index in [-0.39, 0.29) is 17.2 Å². The van der Waals surface area contributed by atoms with Gasteiger partial charge in [-0.05, 0) is 49.1 Å². The van der Waals surface area contributed by atoms with E-state index in [0.717, 1.165) is 46.2 Å². The van der Waals surface area contributed by atoms with E-state index in [9.17, 15) is 4.79 Å². The zero-order valence-electron chi connectivity index (χ0n) is 16.8. The zero-order valence-corrected chi connectivity index (χ0v) is 17.7. The number of nitrogens with one attached hydrogen (secondary N) is 2. The lowest BCUT2D eigenvalue weighted by atomic mass is 10.0. The highest BCUT2D eigenvalue weighted by atomic mass is 32.2. The van der Waals surface area contributed by atoms with Crippen LogP contribution in [0.1, 0.15) is 41.9 Å². The second kappa shape index (κ2) is 8.29. The fourth-order valence-corrected chi connectivity index (χ4v) is 4.75. The predicted octanol–water partition coefficient (Wildman–Crippen LogP) is 4.25. The van der Waals surface area contributed by atoms with Crippen molar-refractivity contribution in [3.05, 3.63) is 71.0 Å². The molecular weight excluding hydrogens is 382 g/mol. The number of carbonyl (C=O) groups is 1. The van der Waals surface area contributed by atoms with Gasteiger partial charge in [-0.25, -0.2) is 4.68 Å². The molecule has 3 aromatic rings. The summed E-state index contributed by atoms with van der Waals surface area (Å²) >= 11 is 1.46. The number of thioether (sulfide) groups is 1. The van der Waals surface area contributed by atoms with Crippen molar-refractivity contribution < 1.29 is 4.79 Å². The number of rotatable bonds is 5. The van der Waals surface area contributed by atoms with E-state index >= 15 is 0 Å². The molecule has 0 unspecified atom stereocenters. The Morgan fingerprint density at radius 2 is 1.86 bits per heavy atom. The summed E-state index contributed by atoms with van der Waals surface area (Å²) in [4.78, 5) is 13.3. The van der Waals surface area contributed by atoms with Crippen LogP contribution >= 0.6 is 11.8 Å². The summed E-state index contributed by atoms with van der Waals surface area (Å²) < 4.78 is 1.94. The molecule has 4 rings (SSSR count). The van der Waals surface area contributed by atoms with Crippen LogP contribution in [-0.4, -0.2) is 26.0 Å². The Kier molecular flexibility index (Phi) is 5.58. The van der Waals surface area contributed by atoms with Gasteiger partial charge < -0.3 is 10.7 Å². The molecule has 2 N–H and O–H groups in total. The summed E-state index contributed by atoms with van der Waals surface area (Å²) in [5.41, 5.74) is 7.62. The molecule has 7 heteroatoms. The molecule has 2 atom stereocenters.